The van der Waals surface area contributed by atoms with E-state index in [2.05, 4.69) is 16.4 Å². The number of aromatic nitrogens is 1. The lowest BCUT2D eigenvalue weighted by Gasteiger charge is -2.21. The second-order valence-corrected chi connectivity index (χ2v) is 6.97. The van der Waals surface area contributed by atoms with Gasteiger partial charge >= 0.3 is 0 Å². The third-order valence-electron chi connectivity index (χ3n) is 4.43. The Hall–Kier alpha value is -2.43. The zero-order valence-electron chi connectivity index (χ0n) is 13.8. The summed E-state index contributed by atoms with van der Waals surface area (Å²) in [6.45, 7) is 0.677. The van der Waals surface area contributed by atoms with Gasteiger partial charge in [0.05, 0.1) is 12.6 Å². The van der Waals surface area contributed by atoms with Crippen molar-refractivity contribution in [3.8, 4) is 5.75 Å². The summed E-state index contributed by atoms with van der Waals surface area (Å²) in [6, 6.07) is 14.3. The Morgan fingerprint density at radius 3 is 2.85 bits per heavy atom. The molecule has 1 atom stereocenters. The van der Waals surface area contributed by atoms with Gasteiger partial charge in [0.25, 0.3) is 5.91 Å². The first-order valence-corrected chi connectivity index (χ1v) is 9.02. The standard InChI is InChI=1S/C20H16Cl2N2O2/c21-14-4-5-16(22)15(11-14)19(24-20(25)17-2-1-8-23-17)13-3-6-18-12(10-13)7-9-26-18/h1-6,8,10-11,19,23H,7,9H2,(H,24,25). The van der Waals surface area contributed by atoms with Crippen LogP contribution >= 0.6 is 23.2 Å². The summed E-state index contributed by atoms with van der Waals surface area (Å²) in [5.41, 5.74) is 3.29. The fourth-order valence-electron chi connectivity index (χ4n) is 3.14. The Morgan fingerprint density at radius 2 is 2.04 bits per heavy atom. The molecule has 1 amide bonds. The lowest BCUT2D eigenvalue weighted by atomic mass is 9.96. The first kappa shape index (κ1) is 17.0. The molecule has 26 heavy (non-hydrogen) atoms. The first-order chi connectivity index (χ1) is 12.6. The fraction of sp³-hybridized carbons (Fsp3) is 0.150. The average Bonchev–Trinajstić information content (AvgIpc) is 3.32. The van der Waals surface area contributed by atoms with Crippen molar-refractivity contribution < 1.29 is 9.53 Å². The monoisotopic (exact) mass is 386 g/mol. The smallest absolute Gasteiger partial charge is 0.268 e. The Labute approximate surface area is 161 Å². The molecule has 0 spiro atoms. The SMILES string of the molecule is O=C(NC(c1ccc2c(c1)CCO2)c1cc(Cl)ccc1Cl)c1ccc[nH]1. The number of carbonyl (C=O) groups is 1. The molecule has 2 heterocycles. The minimum absolute atomic E-state index is 0.215. The number of ether oxygens (including phenoxy) is 1. The molecule has 1 aliphatic heterocycles. The first-order valence-electron chi connectivity index (χ1n) is 8.26. The predicted molar refractivity (Wildman–Crippen MR) is 102 cm³/mol. The van der Waals surface area contributed by atoms with Gasteiger partial charge in [0.1, 0.15) is 11.4 Å². The molecule has 0 aliphatic carbocycles. The summed E-state index contributed by atoms with van der Waals surface area (Å²) in [5.74, 6) is 0.674. The second-order valence-electron chi connectivity index (χ2n) is 6.12. The van der Waals surface area contributed by atoms with Crippen molar-refractivity contribution in [3.05, 3.63) is 87.2 Å². The molecule has 4 nitrogen and oxygen atoms in total. The minimum atomic E-state index is -0.428. The van der Waals surface area contributed by atoms with Gasteiger partial charge in [-0.25, -0.2) is 0 Å². The van der Waals surface area contributed by atoms with E-state index >= 15 is 0 Å². The Balaban J connectivity index is 1.76. The summed E-state index contributed by atoms with van der Waals surface area (Å²) in [6.07, 6.45) is 2.56. The van der Waals surface area contributed by atoms with Crippen LogP contribution in [-0.4, -0.2) is 17.5 Å². The number of hydrogen-bond donors (Lipinski definition) is 2. The number of carbonyl (C=O) groups excluding carboxylic acids is 1. The molecular weight excluding hydrogens is 371 g/mol. The third kappa shape index (κ3) is 3.30. The molecule has 0 saturated carbocycles. The summed E-state index contributed by atoms with van der Waals surface area (Å²) in [7, 11) is 0. The van der Waals surface area contributed by atoms with Gasteiger partial charge in [-0.15, -0.1) is 0 Å². The van der Waals surface area contributed by atoms with Crippen LogP contribution < -0.4 is 10.1 Å². The van der Waals surface area contributed by atoms with Crippen molar-refractivity contribution in [2.45, 2.75) is 12.5 Å². The molecule has 2 N–H and O–H groups in total. The molecule has 0 fully saturated rings. The van der Waals surface area contributed by atoms with Crippen molar-refractivity contribution in [3.63, 3.8) is 0 Å². The predicted octanol–water partition coefficient (Wildman–Crippen LogP) is 4.78. The number of H-pyrrole nitrogens is 1. The van der Waals surface area contributed by atoms with Gasteiger partial charge in [0.15, 0.2) is 0 Å². The van der Waals surface area contributed by atoms with E-state index in [-0.39, 0.29) is 5.91 Å². The van der Waals surface area contributed by atoms with E-state index in [1.165, 1.54) is 0 Å². The molecule has 0 bridgehead atoms. The highest BCUT2D eigenvalue weighted by Gasteiger charge is 2.23. The largest absolute Gasteiger partial charge is 0.493 e. The summed E-state index contributed by atoms with van der Waals surface area (Å²) >= 11 is 12.6. The molecule has 0 saturated heterocycles. The van der Waals surface area contributed by atoms with E-state index in [1.807, 2.05) is 12.1 Å². The van der Waals surface area contributed by atoms with Gasteiger partial charge in [-0.2, -0.15) is 0 Å². The lowest BCUT2D eigenvalue weighted by molar-refractivity contribution is 0.0938. The zero-order chi connectivity index (χ0) is 18.1. The number of amides is 1. The highest BCUT2D eigenvalue weighted by Crippen LogP contribution is 2.34. The molecule has 0 radical (unpaired) electrons. The molecule has 4 rings (SSSR count). The molecule has 1 aromatic heterocycles. The van der Waals surface area contributed by atoms with Crippen LogP contribution in [0.1, 0.15) is 33.2 Å². The number of nitrogens with one attached hydrogen (secondary N) is 2. The zero-order valence-corrected chi connectivity index (χ0v) is 15.3. The molecule has 1 aliphatic rings. The topological polar surface area (TPSA) is 54.1 Å². The van der Waals surface area contributed by atoms with Gasteiger partial charge in [0.2, 0.25) is 0 Å². The quantitative estimate of drug-likeness (QED) is 0.677. The van der Waals surface area contributed by atoms with Gasteiger partial charge in [0, 0.05) is 22.7 Å². The van der Waals surface area contributed by atoms with Crippen LogP contribution in [0.15, 0.2) is 54.7 Å². The number of fused-ring (bicyclic) bond motifs is 1. The van der Waals surface area contributed by atoms with E-state index in [1.54, 1.807) is 36.5 Å². The third-order valence-corrected chi connectivity index (χ3v) is 5.01. The molecule has 2 aromatic carbocycles. The maximum Gasteiger partial charge on any atom is 0.268 e. The van der Waals surface area contributed by atoms with Crippen molar-refractivity contribution in [2.75, 3.05) is 6.61 Å². The number of benzene rings is 2. The van der Waals surface area contributed by atoms with Crippen LogP contribution in [0.25, 0.3) is 0 Å². The number of hydrogen-bond acceptors (Lipinski definition) is 2. The van der Waals surface area contributed by atoms with E-state index in [4.69, 9.17) is 27.9 Å². The Morgan fingerprint density at radius 1 is 1.15 bits per heavy atom. The average molecular weight is 387 g/mol. The van der Waals surface area contributed by atoms with E-state index in [9.17, 15) is 4.79 Å². The normalized spacial score (nSPS) is 13.8. The van der Waals surface area contributed by atoms with Crippen LogP contribution in [0.4, 0.5) is 0 Å². The fourth-order valence-corrected chi connectivity index (χ4v) is 3.55. The van der Waals surface area contributed by atoms with Gasteiger partial charge in [-0.3, -0.25) is 4.79 Å². The van der Waals surface area contributed by atoms with Crippen molar-refractivity contribution in [1.82, 2.24) is 10.3 Å². The lowest BCUT2D eigenvalue weighted by Crippen LogP contribution is -2.29. The van der Waals surface area contributed by atoms with Crippen LogP contribution in [0, 0.1) is 0 Å². The van der Waals surface area contributed by atoms with E-state index in [0.29, 0.717) is 22.3 Å². The minimum Gasteiger partial charge on any atom is -0.493 e. The van der Waals surface area contributed by atoms with E-state index in [0.717, 1.165) is 28.9 Å². The Bertz CT molecular complexity index is 954. The van der Waals surface area contributed by atoms with Gasteiger partial charge in [-0.05, 0) is 59.2 Å². The Kier molecular flexibility index (Phi) is 4.62. The van der Waals surface area contributed by atoms with Gasteiger partial charge < -0.3 is 15.0 Å². The molecule has 1 unspecified atom stereocenters. The highest BCUT2D eigenvalue weighted by molar-refractivity contribution is 6.33. The maximum absolute atomic E-state index is 12.6. The van der Waals surface area contributed by atoms with Crippen molar-refractivity contribution >= 4 is 29.1 Å². The number of rotatable bonds is 4. The van der Waals surface area contributed by atoms with Crippen molar-refractivity contribution in [2.24, 2.45) is 0 Å². The summed E-state index contributed by atoms with van der Waals surface area (Å²) in [5, 5.41) is 4.16. The van der Waals surface area contributed by atoms with E-state index < -0.39 is 6.04 Å². The van der Waals surface area contributed by atoms with Crippen LogP contribution in [0.3, 0.4) is 0 Å². The van der Waals surface area contributed by atoms with Crippen molar-refractivity contribution in [1.29, 1.82) is 0 Å². The number of aromatic amines is 1. The van der Waals surface area contributed by atoms with Gasteiger partial charge in [-0.1, -0.05) is 29.3 Å². The molecule has 132 valence electrons. The summed E-state index contributed by atoms with van der Waals surface area (Å²) < 4.78 is 5.58. The number of halogens is 2. The van der Waals surface area contributed by atoms with Crippen LogP contribution in [0.2, 0.25) is 10.0 Å². The van der Waals surface area contributed by atoms with Crippen LogP contribution in [0.5, 0.6) is 5.75 Å². The summed E-state index contributed by atoms with van der Waals surface area (Å²) in [4.78, 5) is 15.6. The highest BCUT2D eigenvalue weighted by atomic mass is 35.5. The molecule has 3 aromatic rings. The molecular formula is C20H16Cl2N2O2. The second kappa shape index (κ2) is 7.06. The maximum atomic E-state index is 12.6. The molecule has 6 heteroatoms. The van der Waals surface area contributed by atoms with Crippen LogP contribution in [-0.2, 0) is 6.42 Å².